The summed E-state index contributed by atoms with van der Waals surface area (Å²) in [5, 5.41) is 13.7. The Bertz CT molecular complexity index is 383. The summed E-state index contributed by atoms with van der Waals surface area (Å²) < 4.78 is 0. The summed E-state index contributed by atoms with van der Waals surface area (Å²) in [6.07, 6.45) is 2.86. The number of hydrogen-bond donors (Lipinski definition) is 4. The lowest BCUT2D eigenvalue weighted by molar-refractivity contribution is 0.146. The molecular formula is C10H18N6. The third kappa shape index (κ3) is 1.55. The Morgan fingerprint density at radius 3 is 2.94 bits per heavy atom. The third-order valence-electron chi connectivity index (χ3n) is 2.85. The van der Waals surface area contributed by atoms with Crippen LogP contribution in [0.4, 0.5) is 0 Å². The lowest BCUT2D eigenvalue weighted by Gasteiger charge is -2.41. The number of fused-ring (bicyclic) bond motifs is 1. The van der Waals surface area contributed by atoms with Crippen LogP contribution in [-0.4, -0.2) is 22.1 Å². The van der Waals surface area contributed by atoms with Crippen molar-refractivity contribution in [3.63, 3.8) is 0 Å². The van der Waals surface area contributed by atoms with Crippen LogP contribution in [0.1, 0.15) is 27.2 Å². The van der Waals surface area contributed by atoms with Crippen molar-refractivity contribution < 1.29 is 0 Å². The van der Waals surface area contributed by atoms with Crippen molar-refractivity contribution >= 4 is 11.5 Å². The molecule has 0 fully saturated rings. The Labute approximate surface area is 95.0 Å². The standard InChI is InChI=1S/C10H18N6/c1-6(2)4-10(3)5-7(11)8(12)9-13-14-15-16(9)10/h5-6,12,14-15H,4,11H2,1-3H3. The predicted molar refractivity (Wildman–Crippen MR) is 63.4 cm³/mol. The molecule has 0 amide bonds. The molecule has 0 saturated carbocycles. The summed E-state index contributed by atoms with van der Waals surface area (Å²) in [7, 11) is 0. The molecule has 16 heavy (non-hydrogen) atoms. The van der Waals surface area contributed by atoms with Crippen molar-refractivity contribution in [1.29, 1.82) is 5.41 Å². The molecule has 0 saturated heterocycles. The van der Waals surface area contributed by atoms with Crippen LogP contribution in [-0.2, 0) is 0 Å². The molecule has 1 unspecified atom stereocenters. The molecule has 0 aromatic heterocycles. The van der Waals surface area contributed by atoms with Crippen LogP contribution in [0.5, 0.6) is 0 Å². The number of nitrogens with one attached hydrogen (secondary N) is 3. The Kier molecular flexibility index (Phi) is 2.38. The Morgan fingerprint density at radius 1 is 1.62 bits per heavy atom. The molecule has 2 heterocycles. The maximum atomic E-state index is 7.84. The first-order chi connectivity index (χ1) is 7.44. The summed E-state index contributed by atoms with van der Waals surface area (Å²) in [6.45, 7) is 6.41. The second-order valence-corrected chi connectivity index (χ2v) is 4.92. The van der Waals surface area contributed by atoms with Gasteiger partial charge in [-0.2, -0.15) is 0 Å². The molecule has 0 bridgehead atoms. The van der Waals surface area contributed by atoms with Gasteiger partial charge in [0.05, 0.1) is 11.2 Å². The summed E-state index contributed by atoms with van der Waals surface area (Å²) in [6, 6.07) is 0. The minimum absolute atomic E-state index is 0.245. The summed E-state index contributed by atoms with van der Waals surface area (Å²) in [5.41, 5.74) is 12.0. The van der Waals surface area contributed by atoms with E-state index in [1.54, 1.807) is 0 Å². The number of hydrazine groups is 2. The number of nitrogens with two attached hydrogens (primary N) is 1. The maximum Gasteiger partial charge on any atom is 0.193 e. The van der Waals surface area contributed by atoms with Crippen molar-refractivity contribution in [1.82, 2.24) is 16.1 Å². The highest BCUT2D eigenvalue weighted by molar-refractivity contribution is 6.46. The Balaban J connectivity index is 2.39. The SMILES string of the molecule is CC(C)CC1(C)C=C(N)C(=N)C2=NNNN21. The van der Waals surface area contributed by atoms with Gasteiger partial charge in [0.1, 0.15) is 5.71 Å². The number of hydrazone groups is 1. The van der Waals surface area contributed by atoms with Crippen LogP contribution in [0.15, 0.2) is 16.9 Å². The van der Waals surface area contributed by atoms with Crippen LogP contribution in [0.3, 0.4) is 0 Å². The molecular weight excluding hydrogens is 204 g/mol. The van der Waals surface area contributed by atoms with E-state index in [-0.39, 0.29) is 11.3 Å². The molecule has 2 aliphatic rings. The minimum atomic E-state index is -0.245. The van der Waals surface area contributed by atoms with Gasteiger partial charge in [0.15, 0.2) is 5.84 Å². The fourth-order valence-electron chi connectivity index (χ4n) is 2.35. The van der Waals surface area contributed by atoms with Crippen LogP contribution >= 0.6 is 0 Å². The zero-order valence-corrected chi connectivity index (χ0v) is 9.83. The zero-order valence-electron chi connectivity index (χ0n) is 9.83. The van der Waals surface area contributed by atoms with Crippen LogP contribution in [0, 0.1) is 11.3 Å². The molecule has 2 aliphatic heterocycles. The highest BCUT2D eigenvalue weighted by Gasteiger charge is 2.41. The van der Waals surface area contributed by atoms with Gasteiger partial charge >= 0.3 is 0 Å². The van der Waals surface area contributed by atoms with E-state index in [4.69, 9.17) is 11.1 Å². The van der Waals surface area contributed by atoms with E-state index in [2.05, 4.69) is 36.9 Å². The molecule has 0 aromatic rings. The second kappa shape index (κ2) is 3.48. The lowest BCUT2D eigenvalue weighted by atomic mass is 9.86. The quantitative estimate of drug-likeness (QED) is 0.541. The molecule has 0 radical (unpaired) electrons. The van der Waals surface area contributed by atoms with E-state index >= 15 is 0 Å². The number of nitrogens with zero attached hydrogens (tertiary/aromatic N) is 2. The van der Waals surface area contributed by atoms with E-state index < -0.39 is 0 Å². The first-order valence-electron chi connectivity index (χ1n) is 5.40. The van der Waals surface area contributed by atoms with E-state index in [1.807, 2.05) is 11.1 Å². The third-order valence-corrected chi connectivity index (χ3v) is 2.85. The van der Waals surface area contributed by atoms with Gasteiger partial charge in [-0.3, -0.25) is 10.4 Å². The van der Waals surface area contributed by atoms with Crippen LogP contribution in [0.2, 0.25) is 0 Å². The number of hydrogen-bond acceptors (Lipinski definition) is 6. The van der Waals surface area contributed by atoms with Crippen molar-refractivity contribution in [3.05, 3.63) is 11.8 Å². The van der Waals surface area contributed by atoms with Gasteiger partial charge in [-0.05, 0) is 25.3 Å². The predicted octanol–water partition coefficient (Wildman–Crippen LogP) is 0.305. The fraction of sp³-hybridized carbons (Fsp3) is 0.600. The smallest absolute Gasteiger partial charge is 0.193 e. The van der Waals surface area contributed by atoms with Crippen molar-refractivity contribution in [2.75, 3.05) is 0 Å². The molecule has 0 aromatic carbocycles. The Morgan fingerprint density at radius 2 is 2.31 bits per heavy atom. The molecule has 88 valence electrons. The summed E-state index contributed by atoms with van der Waals surface area (Å²) in [4.78, 5) is 0. The molecule has 1 atom stereocenters. The number of amidine groups is 1. The topological polar surface area (TPSA) is 89.5 Å². The monoisotopic (exact) mass is 222 g/mol. The Hall–Kier alpha value is -1.56. The van der Waals surface area contributed by atoms with E-state index in [0.29, 0.717) is 17.5 Å². The fourth-order valence-corrected chi connectivity index (χ4v) is 2.35. The number of rotatable bonds is 2. The van der Waals surface area contributed by atoms with Gasteiger partial charge < -0.3 is 5.73 Å². The van der Waals surface area contributed by atoms with Gasteiger partial charge in [-0.25, -0.2) is 5.53 Å². The maximum absolute atomic E-state index is 7.84. The van der Waals surface area contributed by atoms with E-state index in [0.717, 1.165) is 6.42 Å². The molecule has 2 rings (SSSR count). The summed E-state index contributed by atoms with van der Waals surface area (Å²) in [5.74, 6) is 1.09. The zero-order chi connectivity index (χ0) is 11.9. The average molecular weight is 222 g/mol. The van der Waals surface area contributed by atoms with Crippen LogP contribution in [0.25, 0.3) is 0 Å². The molecule has 0 aliphatic carbocycles. The molecule has 6 nitrogen and oxygen atoms in total. The van der Waals surface area contributed by atoms with Crippen molar-refractivity contribution in [2.24, 2.45) is 16.8 Å². The minimum Gasteiger partial charge on any atom is -0.397 e. The summed E-state index contributed by atoms with van der Waals surface area (Å²) >= 11 is 0. The van der Waals surface area contributed by atoms with E-state index in [1.165, 1.54) is 0 Å². The second-order valence-electron chi connectivity index (χ2n) is 4.92. The van der Waals surface area contributed by atoms with Gasteiger partial charge in [0.2, 0.25) is 0 Å². The molecule has 5 N–H and O–H groups in total. The lowest BCUT2D eigenvalue weighted by Crippen LogP contribution is -2.59. The first kappa shape index (κ1) is 10.9. The van der Waals surface area contributed by atoms with Gasteiger partial charge in [0.25, 0.3) is 0 Å². The van der Waals surface area contributed by atoms with Crippen molar-refractivity contribution in [3.8, 4) is 0 Å². The van der Waals surface area contributed by atoms with Gasteiger partial charge in [-0.1, -0.05) is 13.8 Å². The van der Waals surface area contributed by atoms with Gasteiger partial charge in [0, 0.05) is 0 Å². The normalized spacial score (nSPS) is 28.8. The van der Waals surface area contributed by atoms with E-state index in [9.17, 15) is 0 Å². The average Bonchev–Trinajstić information content (AvgIpc) is 2.62. The van der Waals surface area contributed by atoms with Crippen molar-refractivity contribution in [2.45, 2.75) is 32.7 Å². The van der Waals surface area contributed by atoms with Gasteiger partial charge in [-0.15, -0.1) is 10.6 Å². The highest BCUT2D eigenvalue weighted by Crippen LogP contribution is 2.30. The molecule has 6 heteroatoms. The van der Waals surface area contributed by atoms with Crippen LogP contribution < -0.4 is 16.8 Å². The first-order valence-corrected chi connectivity index (χ1v) is 5.40. The highest BCUT2D eigenvalue weighted by atomic mass is 15.8. The largest absolute Gasteiger partial charge is 0.397 e. The molecule has 0 spiro atoms.